The highest BCUT2D eigenvalue weighted by Gasteiger charge is 2.65. The van der Waals surface area contributed by atoms with Crippen molar-refractivity contribution in [3.63, 3.8) is 0 Å². The molecule has 0 amide bonds. The van der Waals surface area contributed by atoms with Crippen molar-refractivity contribution in [2.75, 3.05) is 0 Å². The summed E-state index contributed by atoms with van der Waals surface area (Å²) in [6, 6.07) is 3.89. The van der Waals surface area contributed by atoms with Crippen LogP contribution in [0.25, 0.3) is 0 Å². The normalized spacial score (nSPS) is 37.4. The molecule has 4 heteroatoms. The quantitative estimate of drug-likeness (QED) is 0.655. The summed E-state index contributed by atoms with van der Waals surface area (Å²) in [6.45, 7) is 0. The molecule has 0 aromatic carbocycles. The zero-order valence-electron chi connectivity index (χ0n) is 8.54. The number of fused-ring (bicyclic) bond motifs is 1. The second-order valence-corrected chi connectivity index (χ2v) is 4.56. The SMILES string of the molecule is Cn1cccc1[C@]12CCC(F)(F)C[C@@H]1O2. The lowest BCUT2D eigenvalue weighted by atomic mass is 9.84. The number of alkyl halides is 2. The summed E-state index contributed by atoms with van der Waals surface area (Å²) < 4.78 is 33.7. The highest BCUT2D eigenvalue weighted by molar-refractivity contribution is 5.26. The van der Waals surface area contributed by atoms with Crippen molar-refractivity contribution in [1.29, 1.82) is 0 Å². The maximum absolute atomic E-state index is 13.1. The van der Waals surface area contributed by atoms with Gasteiger partial charge in [-0.3, -0.25) is 0 Å². The van der Waals surface area contributed by atoms with E-state index >= 15 is 0 Å². The topological polar surface area (TPSA) is 17.5 Å². The summed E-state index contributed by atoms with van der Waals surface area (Å²) in [6.07, 6.45) is 1.89. The number of ether oxygens (including phenoxy) is 1. The van der Waals surface area contributed by atoms with Gasteiger partial charge in [-0.15, -0.1) is 0 Å². The summed E-state index contributed by atoms with van der Waals surface area (Å²) in [4.78, 5) is 0. The predicted octanol–water partition coefficient (Wildman–Crippen LogP) is 2.44. The number of nitrogens with zero attached hydrogens (tertiary/aromatic N) is 1. The van der Waals surface area contributed by atoms with Gasteiger partial charge < -0.3 is 9.30 Å². The van der Waals surface area contributed by atoms with Gasteiger partial charge in [-0.05, 0) is 18.6 Å². The highest BCUT2D eigenvalue weighted by atomic mass is 19.3. The van der Waals surface area contributed by atoms with E-state index < -0.39 is 11.5 Å². The first-order valence-electron chi connectivity index (χ1n) is 5.21. The maximum Gasteiger partial charge on any atom is 0.250 e. The molecule has 0 N–H and O–H groups in total. The minimum Gasteiger partial charge on any atom is -0.359 e. The second-order valence-electron chi connectivity index (χ2n) is 4.56. The first kappa shape index (κ1) is 9.33. The lowest BCUT2D eigenvalue weighted by molar-refractivity contribution is -0.0331. The van der Waals surface area contributed by atoms with Gasteiger partial charge in [0.1, 0.15) is 5.60 Å². The third kappa shape index (κ3) is 1.24. The second kappa shape index (κ2) is 2.61. The van der Waals surface area contributed by atoms with Crippen LogP contribution in [0.4, 0.5) is 8.78 Å². The van der Waals surface area contributed by atoms with E-state index in [4.69, 9.17) is 4.74 Å². The van der Waals surface area contributed by atoms with E-state index in [9.17, 15) is 8.78 Å². The third-order valence-corrected chi connectivity index (χ3v) is 3.54. The number of epoxide rings is 1. The van der Waals surface area contributed by atoms with Crippen molar-refractivity contribution in [2.24, 2.45) is 7.05 Å². The Morgan fingerprint density at radius 1 is 1.47 bits per heavy atom. The number of rotatable bonds is 1. The molecule has 1 saturated carbocycles. The molecule has 1 aromatic heterocycles. The summed E-state index contributed by atoms with van der Waals surface area (Å²) in [5.41, 5.74) is 0.628. The minimum atomic E-state index is -2.53. The van der Waals surface area contributed by atoms with Crippen LogP contribution in [0.5, 0.6) is 0 Å². The van der Waals surface area contributed by atoms with Crippen molar-refractivity contribution in [1.82, 2.24) is 4.57 Å². The van der Waals surface area contributed by atoms with E-state index in [1.165, 1.54) is 0 Å². The van der Waals surface area contributed by atoms with Crippen molar-refractivity contribution in [2.45, 2.75) is 36.9 Å². The Balaban J connectivity index is 1.89. The van der Waals surface area contributed by atoms with Crippen LogP contribution >= 0.6 is 0 Å². The Morgan fingerprint density at radius 3 is 2.87 bits per heavy atom. The van der Waals surface area contributed by atoms with Gasteiger partial charge in [-0.1, -0.05) is 0 Å². The van der Waals surface area contributed by atoms with Gasteiger partial charge in [0.05, 0.1) is 11.8 Å². The van der Waals surface area contributed by atoms with Crippen LogP contribution in [0.2, 0.25) is 0 Å². The zero-order chi connectivity index (χ0) is 10.7. The van der Waals surface area contributed by atoms with Crippen LogP contribution in [0.15, 0.2) is 18.3 Å². The number of aryl methyl sites for hydroxylation is 1. The van der Waals surface area contributed by atoms with E-state index in [0.717, 1.165) is 5.69 Å². The Hall–Kier alpha value is -0.900. The smallest absolute Gasteiger partial charge is 0.250 e. The molecule has 2 heterocycles. The molecule has 2 nitrogen and oxygen atoms in total. The van der Waals surface area contributed by atoms with Crippen LogP contribution in [0.1, 0.15) is 25.0 Å². The van der Waals surface area contributed by atoms with E-state index in [0.29, 0.717) is 6.42 Å². The average molecular weight is 213 g/mol. The summed E-state index contributed by atoms with van der Waals surface area (Å²) in [5, 5.41) is 0. The molecule has 2 fully saturated rings. The first-order valence-corrected chi connectivity index (χ1v) is 5.21. The van der Waals surface area contributed by atoms with Gasteiger partial charge in [-0.2, -0.15) is 0 Å². The Morgan fingerprint density at radius 2 is 2.27 bits per heavy atom. The van der Waals surface area contributed by atoms with Crippen molar-refractivity contribution in [3.8, 4) is 0 Å². The van der Waals surface area contributed by atoms with E-state index in [1.807, 2.05) is 29.9 Å². The number of hydrogen-bond donors (Lipinski definition) is 0. The van der Waals surface area contributed by atoms with Gasteiger partial charge in [0.2, 0.25) is 0 Å². The average Bonchev–Trinajstić information content (AvgIpc) is 2.68. The number of hydrogen-bond acceptors (Lipinski definition) is 1. The molecule has 1 saturated heterocycles. The van der Waals surface area contributed by atoms with Gasteiger partial charge in [-0.25, -0.2) is 8.78 Å². The van der Waals surface area contributed by atoms with Crippen LogP contribution in [0, 0.1) is 0 Å². The summed E-state index contributed by atoms with van der Waals surface area (Å²) in [5.74, 6) is -2.53. The van der Waals surface area contributed by atoms with Crippen LogP contribution in [-0.4, -0.2) is 16.6 Å². The monoisotopic (exact) mass is 213 g/mol. The minimum absolute atomic E-state index is 0.0608. The molecular weight excluding hydrogens is 200 g/mol. The van der Waals surface area contributed by atoms with Crippen molar-refractivity contribution in [3.05, 3.63) is 24.0 Å². The Bertz CT molecular complexity index is 401. The molecule has 2 atom stereocenters. The molecule has 82 valence electrons. The lowest BCUT2D eigenvalue weighted by Crippen LogP contribution is -2.31. The van der Waals surface area contributed by atoms with Crippen LogP contribution in [-0.2, 0) is 17.4 Å². The molecule has 0 bridgehead atoms. The van der Waals surface area contributed by atoms with Crippen LogP contribution < -0.4 is 0 Å². The summed E-state index contributed by atoms with van der Waals surface area (Å²) in [7, 11) is 1.93. The Kier molecular flexibility index (Phi) is 1.63. The predicted molar refractivity (Wildman–Crippen MR) is 50.8 cm³/mol. The van der Waals surface area contributed by atoms with E-state index in [2.05, 4.69) is 0 Å². The Labute approximate surface area is 86.8 Å². The molecule has 1 aliphatic carbocycles. The zero-order valence-corrected chi connectivity index (χ0v) is 8.54. The van der Waals surface area contributed by atoms with Gasteiger partial charge in [0.25, 0.3) is 5.92 Å². The molecule has 1 aromatic rings. The van der Waals surface area contributed by atoms with E-state index in [1.54, 1.807) is 0 Å². The molecule has 0 unspecified atom stereocenters. The van der Waals surface area contributed by atoms with Gasteiger partial charge >= 0.3 is 0 Å². The first-order chi connectivity index (χ1) is 7.04. The third-order valence-electron chi connectivity index (χ3n) is 3.54. The molecule has 0 spiro atoms. The molecule has 1 aliphatic heterocycles. The fraction of sp³-hybridized carbons (Fsp3) is 0.636. The molecular formula is C11H13F2NO. The molecule has 3 rings (SSSR count). The summed E-state index contributed by atoms with van der Waals surface area (Å²) >= 11 is 0. The fourth-order valence-corrected chi connectivity index (χ4v) is 2.64. The number of aromatic nitrogens is 1. The van der Waals surface area contributed by atoms with Gasteiger partial charge in [0.15, 0.2) is 0 Å². The molecule has 0 radical (unpaired) electrons. The molecule has 2 aliphatic rings. The maximum atomic E-state index is 13.1. The number of halogens is 2. The van der Waals surface area contributed by atoms with Crippen LogP contribution in [0.3, 0.4) is 0 Å². The molecule has 15 heavy (non-hydrogen) atoms. The largest absolute Gasteiger partial charge is 0.359 e. The fourth-order valence-electron chi connectivity index (χ4n) is 2.64. The lowest BCUT2D eigenvalue weighted by Gasteiger charge is -2.24. The van der Waals surface area contributed by atoms with E-state index in [-0.39, 0.29) is 18.9 Å². The van der Waals surface area contributed by atoms with Gasteiger partial charge in [0, 0.05) is 26.1 Å². The van der Waals surface area contributed by atoms with Crippen molar-refractivity contribution >= 4 is 0 Å². The standard InChI is InChI=1S/C11H13F2NO/c1-14-6-2-3-8(14)11-5-4-10(12,13)7-9(11)15-11/h2-3,6,9H,4-5,7H2,1H3/t9-,11+/m0/s1. The van der Waals surface area contributed by atoms with Crippen molar-refractivity contribution < 1.29 is 13.5 Å². The highest BCUT2D eigenvalue weighted by Crippen LogP contribution is 2.58.